The Balaban J connectivity index is 2.85. The van der Waals surface area contributed by atoms with Gasteiger partial charge >= 0.3 is 5.63 Å². The zero-order valence-electron chi connectivity index (χ0n) is 11.5. The number of hydrogen-bond donors (Lipinski definition) is 1. The monoisotopic (exact) mass is 294 g/mol. The molecule has 0 radical (unpaired) electrons. The lowest BCUT2D eigenvalue weighted by Crippen LogP contribution is -2.07. The van der Waals surface area contributed by atoms with E-state index in [4.69, 9.17) is 20.8 Å². The predicted molar refractivity (Wildman–Crippen MR) is 77.8 cm³/mol. The Morgan fingerprint density at radius 2 is 2.00 bits per heavy atom. The van der Waals surface area contributed by atoms with Crippen LogP contribution in [0.3, 0.4) is 0 Å². The average molecular weight is 295 g/mol. The van der Waals surface area contributed by atoms with Gasteiger partial charge in [0.1, 0.15) is 22.8 Å². The smallest absolute Gasteiger partial charge is 0.347 e. The molecule has 4 nitrogen and oxygen atoms in total. The van der Waals surface area contributed by atoms with Gasteiger partial charge in [-0.05, 0) is 31.0 Å². The van der Waals surface area contributed by atoms with Crippen molar-refractivity contribution in [3.8, 4) is 22.6 Å². The molecule has 0 aliphatic rings. The van der Waals surface area contributed by atoms with Crippen molar-refractivity contribution < 1.29 is 14.3 Å². The molecule has 0 amide bonds. The Hall–Kier alpha value is -1.94. The van der Waals surface area contributed by atoms with Crippen LogP contribution in [0.2, 0.25) is 5.02 Å². The van der Waals surface area contributed by atoms with E-state index in [1.165, 1.54) is 13.2 Å². The van der Waals surface area contributed by atoms with Gasteiger partial charge in [-0.15, -0.1) is 0 Å². The van der Waals surface area contributed by atoms with Crippen molar-refractivity contribution >= 4 is 11.6 Å². The van der Waals surface area contributed by atoms with Crippen LogP contribution in [0.1, 0.15) is 18.2 Å². The molecule has 0 bridgehead atoms. The minimum atomic E-state index is -0.599. The maximum absolute atomic E-state index is 12.1. The third-order valence-electron chi connectivity index (χ3n) is 3.05. The number of methoxy groups -OCH3 is 1. The highest BCUT2D eigenvalue weighted by molar-refractivity contribution is 6.31. The average Bonchev–Trinajstić information content (AvgIpc) is 2.38. The molecule has 0 saturated carbocycles. The fourth-order valence-electron chi connectivity index (χ4n) is 2.19. The van der Waals surface area contributed by atoms with Crippen LogP contribution in [-0.2, 0) is 6.42 Å². The van der Waals surface area contributed by atoms with E-state index in [-0.39, 0.29) is 11.3 Å². The quantitative estimate of drug-likeness (QED) is 0.940. The van der Waals surface area contributed by atoms with Crippen LogP contribution in [0.15, 0.2) is 27.4 Å². The molecular weight excluding hydrogens is 280 g/mol. The van der Waals surface area contributed by atoms with Crippen LogP contribution in [0.4, 0.5) is 0 Å². The molecule has 0 unspecified atom stereocenters. The molecule has 0 fully saturated rings. The lowest BCUT2D eigenvalue weighted by Gasteiger charge is -2.14. The largest absolute Gasteiger partial charge is 0.507 e. The molecule has 1 N–H and O–H groups in total. The number of hydrogen-bond acceptors (Lipinski definition) is 4. The van der Waals surface area contributed by atoms with Crippen molar-refractivity contribution in [3.05, 3.63) is 45.0 Å². The molecular formula is C15H15ClO4. The Labute approximate surface area is 121 Å². The molecule has 5 heteroatoms. The molecule has 1 heterocycles. The summed E-state index contributed by atoms with van der Waals surface area (Å²) in [5.41, 5.74) is 0.824. The molecule has 0 atom stereocenters. The second-order valence-corrected chi connectivity index (χ2v) is 4.84. The van der Waals surface area contributed by atoms with Crippen molar-refractivity contribution in [1.82, 2.24) is 0 Å². The highest BCUT2D eigenvalue weighted by Crippen LogP contribution is 2.38. The van der Waals surface area contributed by atoms with E-state index in [2.05, 4.69) is 0 Å². The number of aryl methyl sites for hydroxylation is 2. The number of rotatable bonds is 3. The van der Waals surface area contributed by atoms with Gasteiger partial charge in [0.15, 0.2) is 0 Å². The molecule has 0 spiro atoms. The van der Waals surface area contributed by atoms with Crippen molar-refractivity contribution in [3.63, 3.8) is 0 Å². The molecule has 0 aliphatic carbocycles. The Morgan fingerprint density at radius 1 is 1.30 bits per heavy atom. The Kier molecular flexibility index (Phi) is 4.04. The highest BCUT2D eigenvalue weighted by atomic mass is 35.5. The molecule has 0 aliphatic heterocycles. The van der Waals surface area contributed by atoms with Gasteiger partial charge in [0.25, 0.3) is 0 Å². The SMILES string of the molecule is CCc1cc(Cl)cc(OC)c1-c1c(O)cc(C)oc1=O. The standard InChI is InChI=1S/C15H15ClO4/c1-4-9-6-10(16)7-12(19-3)13(9)14-11(17)5-8(2)20-15(14)18/h5-7,17H,4H2,1-3H3. The lowest BCUT2D eigenvalue weighted by atomic mass is 9.97. The number of ether oxygens (including phenoxy) is 1. The van der Waals surface area contributed by atoms with Crippen LogP contribution < -0.4 is 10.4 Å². The number of halogens is 1. The van der Waals surface area contributed by atoms with Crippen molar-refractivity contribution in [2.24, 2.45) is 0 Å². The van der Waals surface area contributed by atoms with E-state index in [9.17, 15) is 9.90 Å². The van der Waals surface area contributed by atoms with Crippen LogP contribution in [0.5, 0.6) is 11.5 Å². The zero-order valence-corrected chi connectivity index (χ0v) is 12.2. The van der Waals surface area contributed by atoms with E-state index in [0.29, 0.717) is 28.5 Å². The molecule has 2 rings (SSSR count). The fourth-order valence-corrected chi connectivity index (χ4v) is 2.42. The summed E-state index contributed by atoms with van der Waals surface area (Å²) in [7, 11) is 1.49. The normalized spacial score (nSPS) is 10.6. The first-order valence-corrected chi connectivity index (χ1v) is 6.56. The second kappa shape index (κ2) is 5.59. The lowest BCUT2D eigenvalue weighted by molar-refractivity contribution is 0.412. The van der Waals surface area contributed by atoms with Crippen LogP contribution in [0, 0.1) is 6.92 Å². The summed E-state index contributed by atoms with van der Waals surface area (Å²) in [5.74, 6) is 0.650. The molecule has 20 heavy (non-hydrogen) atoms. The fraction of sp³-hybridized carbons (Fsp3) is 0.267. The van der Waals surface area contributed by atoms with Gasteiger partial charge < -0.3 is 14.3 Å². The van der Waals surface area contributed by atoms with Gasteiger partial charge in [0.2, 0.25) is 0 Å². The Bertz CT molecular complexity index is 679. The maximum Gasteiger partial charge on any atom is 0.347 e. The second-order valence-electron chi connectivity index (χ2n) is 4.40. The molecule has 2 aromatic rings. The third-order valence-corrected chi connectivity index (χ3v) is 3.27. The summed E-state index contributed by atoms with van der Waals surface area (Å²) in [6, 6.07) is 4.76. The zero-order chi connectivity index (χ0) is 14.9. The summed E-state index contributed by atoms with van der Waals surface area (Å²) >= 11 is 6.03. The summed E-state index contributed by atoms with van der Waals surface area (Å²) in [4.78, 5) is 12.1. The number of benzene rings is 1. The van der Waals surface area contributed by atoms with Crippen molar-refractivity contribution in [2.75, 3.05) is 7.11 Å². The van der Waals surface area contributed by atoms with E-state index in [0.717, 1.165) is 5.56 Å². The van der Waals surface area contributed by atoms with Crippen molar-refractivity contribution in [2.45, 2.75) is 20.3 Å². The Morgan fingerprint density at radius 3 is 2.55 bits per heavy atom. The predicted octanol–water partition coefficient (Wildman–Crippen LogP) is 3.55. The summed E-state index contributed by atoms with van der Waals surface area (Å²) in [6.07, 6.45) is 0.638. The van der Waals surface area contributed by atoms with Gasteiger partial charge in [-0.3, -0.25) is 0 Å². The van der Waals surface area contributed by atoms with Crippen LogP contribution in [-0.4, -0.2) is 12.2 Å². The van der Waals surface area contributed by atoms with Gasteiger partial charge in [0.05, 0.1) is 7.11 Å². The minimum Gasteiger partial charge on any atom is -0.507 e. The summed E-state index contributed by atoms with van der Waals surface area (Å²) in [6.45, 7) is 3.53. The van der Waals surface area contributed by atoms with Gasteiger partial charge in [0, 0.05) is 16.7 Å². The summed E-state index contributed by atoms with van der Waals surface area (Å²) in [5, 5.41) is 10.6. The molecule has 1 aromatic heterocycles. The van der Waals surface area contributed by atoms with Gasteiger partial charge in [-0.25, -0.2) is 4.79 Å². The van der Waals surface area contributed by atoms with E-state index in [1.54, 1.807) is 19.1 Å². The van der Waals surface area contributed by atoms with E-state index < -0.39 is 5.63 Å². The minimum absolute atomic E-state index is 0.0981. The van der Waals surface area contributed by atoms with Gasteiger partial charge in [-0.2, -0.15) is 0 Å². The van der Waals surface area contributed by atoms with Crippen LogP contribution in [0.25, 0.3) is 11.1 Å². The molecule has 106 valence electrons. The van der Waals surface area contributed by atoms with Crippen LogP contribution >= 0.6 is 11.6 Å². The third kappa shape index (κ3) is 2.51. The van der Waals surface area contributed by atoms with E-state index >= 15 is 0 Å². The summed E-state index contributed by atoms with van der Waals surface area (Å²) < 4.78 is 10.4. The van der Waals surface area contributed by atoms with E-state index in [1.807, 2.05) is 6.92 Å². The maximum atomic E-state index is 12.1. The molecule has 0 saturated heterocycles. The van der Waals surface area contributed by atoms with Crippen molar-refractivity contribution in [1.29, 1.82) is 0 Å². The topological polar surface area (TPSA) is 59.7 Å². The first-order valence-electron chi connectivity index (χ1n) is 6.18. The van der Waals surface area contributed by atoms with Gasteiger partial charge in [-0.1, -0.05) is 18.5 Å². The first kappa shape index (κ1) is 14.5. The highest BCUT2D eigenvalue weighted by Gasteiger charge is 2.20. The first-order chi connectivity index (χ1) is 9.47. The number of aromatic hydroxyl groups is 1. The molecule has 1 aromatic carbocycles.